The molecule has 3 rings (SSSR count). The maximum atomic E-state index is 12.0. The lowest BCUT2D eigenvalue weighted by atomic mass is 10.2. The first kappa shape index (κ1) is 18.6. The molecule has 27 heavy (non-hydrogen) atoms. The lowest BCUT2D eigenvalue weighted by Gasteiger charge is -2.11. The van der Waals surface area contributed by atoms with Gasteiger partial charge in [0.1, 0.15) is 5.75 Å². The Balaban J connectivity index is 1.50. The van der Waals surface area contributed by atoms with E-state index in [4.69, 9.17) is 4.74 Å². The zero-order chi connectivity index (χ0) is 19.4. The summed E-state index contributed by atoms with van der Waals surface area (Å²) in [5.74, 6) is 0.462. The normalized spacial score (nSPS) is 10.9. The Morgan fingerprint density at radius 3 is 2.89 bits per heavy atom. The molecule has 0 spiro atoms. The van der Waals surface area contributed by atoms with Crippen LogP contribution >= 0.6 is 0 Å². The standard InChI is InChI=1S/C20H23N3O4/c1-13-20(26)18(24)6-9-23(13)10-7-19(25)21-8-5-15-11-14-12-16(27-2)3-4-17(14)22-15/h3-4,6,9,11-12,22,26H,5,7-8,10H2,1-2H3,(H,21,25). The highest BCUT2D eigenvalue weighted by molar-refractivity contribution is 5.82. The lowest BCUT2D eigenvalue weighted by Crippen LogP contribution is -2.27. The number of aromatic nitrogens is 2. The first-order valence-corrected chi connectivity index (χ1v) is 8.79. The second-order valence-corrected chi connectivity index (χ2v) is 6.41. The Bertz CT molecular complexity index is 1020. The highest BCUT2D eigenvalue weighted by atomic mass is 16.5. The van der Waals surface area contributed by atoms with Gasteiger partial charge >= 0.3 is 0 Å². The number of nitrogens with zero attached hydrogens (tertiary/aromatic N) is 1. The number of nitrogens with one attached hydrogen (secondary N) is 2. The van der Waals surface area contributed by atoms with Gasteiger partial charge in [0.25, 0.3) is 0 Å². The van der Waals surface area contributed by atoms with Gasteiger partial charge in [-0.2, -0.15) is 0 Å². The van der Waals surface area contributed by atoms with Crippen LogP contribution in [0, 0.1) is 6.92 Å². The van der Waals surface area contributed by atoms with E-state index < -0.39 is 5.43 Å². The van der Waals surface area contributed by atoms with E-state index in [2.05, 4.69) is 16.4 Å². The predicted molar refractivity (Wildman–Crippen MR) is 103 cm³/mol. The molecular formula is C20H23N3O4. The zero-order valence-electron chi connectivity index (χ0n) is 15.4. The van der Waals surface area contributed by atoms with Crippen molar-refractivity contribution in [2.75, 3.05) is 13.7 Å². The molecule has 142 valence electrons. The van der Waals surface area contributed by atoms with Crippen molar-refractivity contribution < 1.29 is 14.6 Å². The van der Waals surface area contributed by atoms with Gasteiger partial charge in [0.05, 0.1) is 12.8 Å². The molecule has 0 fully saturated rings. The molecule has 0 aliphatic carbocycles. The van der Waals surface area contributed by atoms with Crippen molar-refractivity contribution in [1.29, 1.82) is 0 Å². The number of benzene rings is 1. The molecule has 0 atom stereocenters. The number of methoxy groups -OCH3 is 1. The van der Waals surface area contributed by atoms with Crippen molar-refractivity contribution in [2.24, 2.45) is 0 Å². The minimum Gasteiger partial charge on any atom is -0.503 e. The van der Waals surface area contributed by atoms with E-state index in [1.54, 1.807) is 24.8 Å². The summed E-state index contributed by atoms with van der Waals surface area (Å²) in [5, 5.41) is 13.6. The number of H-pyrrole nitrogens is 1. The number of hydrogen-bond acceptors (Lipinski definition) is 4. The van der Waals surface area contributed by atoms with Crippen LogP contribution in [0.2, 0.25) is 0 Å². The molecule has 2 aromatic heterocycles. The molecule has 0 aliphatic rings. The van der Waals surface area contributed by atoms with Gasteiger partial charge in [-0.15, -0.1) is 0 Å². The Labute approximate surface area is 156 Å². The first-order chi connectivity index (χ1) is 13.0. The average Bonchev–Trinajstić information content (AvgIpc) is 3.07. The smallest absolute Gasteiger partial charge is 0.223 e. The van der Waals surface area contributed by atoms with Gasteiger partial charge in [0.2, 0.25) is 11.3 Å². The third-order valence-corrected chi connectivity index (χ3v) is 4.59. The van der Waals surface area contributed by atoms with Crippen LogP contribution in [0.1, 0.15) is 17.8 Å². The molecule has 0 unspecified atom stereocenters. The minimum absolute atomic E-state index is 0.0784. The predicted octanol–water partition coefficient (Wildman–Crippen LogP) is 2.10. The van der Waals surface area contributed by atoms with E-state index in [1.165, 1.54) is 6.07 Å². The summed E-state index contributed by atoms with van der Waals surface area (Å²) in [6, 6.07) is 9.19. The van der Waals surface area contributed by atoms with Crippen molar-refractivity contribution in [3.63, 3.8) is 0 Å². The number of rotatable bonds is 7. The van der Waals surface area contributed by atoms with Crippen LogP contribution in [-0.4, -0.2) is 34.2 Å². The molecule has 2 heterocycles. The molecule has 7 heteroatoms. The van der Waals surface area contributed by atoms with Crippen LogP contribution in [0.3, 0.4) is 0 Å². The molecule has 1 amide bonds. The van der Waals surface area contributed by atoms with E-state index >= 15 is 0 Å². The van der Waals surface area contributed by atoms with Crippen molar-refractivity contribution in [1.82, 2.24) is 14.9 Å². The molecule has 7 nitrogen and oxygen atoms in total. The fourth-order valence-corrected chi connectivity index (χ4v) is 2.98. The Morgan fingerprint density at radius 2 is 2.11 bits per heavy atom. The Hall–Kier alpha value is -3.22. The largest absolute Gasteiger partial charge is 0.503 e. The number of carbonyl (C=O) groups excluding carboxylic acids is 1. The molecule has 3 N–H and O–H groups in total. The number of amides is 1. The summed E-state index contributed by atoms with van der Waals surface area (Å²) in [5.41, 5.74) is 2.12. The highest BCUT2D eigenvalue weighted by Gasteiger charge is 2.08. The number of aromatic amines is 1. The van der Waals surface area contributed by atoms with Gasteiger partial charge in [-0.25, -0.2) is 0 Å². The number of ether oxygens (including phenoxy) is 1. The quantitative estimate of drug-likeness (QED) is 0.594. The number of pyridine rings is 1. The van der Waals surface area contributed by atoms with E-state index in [1.807, 2.05) is 18.2 Å². The fraction of sp³-hybridized carbons (Fsp3) is 0.300. The summed E-state index contributed by atoms with van der Waals surface area (Å²) in [4.78, 5) is 26.7. The molecule has 0 saturated carbocycles. The van der Waals surface area contributed by atoms with Crippen molar-refractivity contribution in [2.45, 2.75) is 26.3 Å². The number of hydrogen-bond donors (Lipinski definition) is 3. The van der Waals surface area contributed by atoms with Crippen LogP contribution in [0.15, 0.2) is 41.3 Å². The van der Waals surface area contributed by atoms with Crippen LogP contribution in [-0.2, 0) is 17.8 Å². The van der Waals surface area contributed by atoms with Gasteiger partial charge in [0.15, 0.2) is 5.75 Å². The molecule has 1 aromatic carbocycles. The molecular weight excluding hydrogens is 346 g/mol. The van der Waals surface area contributed by atoms with E-state index in [-0.39, 0.29) is 18.1 Å². The molecule has 3 aromatic rings. The first-order valence-electron chi connectivity index (χ1n) is 8.79. The number of aromatic hydroxyl groups is 1. The molecule has 0 radical (unpaired) electrons. The second-order valence-electron chi connectivity index (χ2n) is 6.41. The average molecular weight is 369 g/mol. The van der Waals surface area contributed by atoms with Crippen molar-refractivity contribution in [3.05, 3.63) is 58.1 Å². The highest BCUT2D eigenvalue weighted by Crippen LogP contribution is 2.21. The summed E-state index contributed by atoms with van der Waals surface area (Å²) in [6.45, 7) is 2.58. The van der Waals surface area contributed by atoms with E-state index in [0.717, 1.165) is 22.3 Å². The second kappa shape index (κ2) is 7.99. The zero-order valence-corrected chi connectivity index (χ0v) is 15.4. The lowest BCUT2D eigenvalue weighted by molar-refractivity contribution is -0.121. The monoisotopic (exact) mass is 369 g/mol. The summed E-state index contributed by atoms with van der Waals surface area (Å²) in [6.07, 6.45) is 2.55. The van der Waals surface area contributed by atoms with Crippen LogP contribution in [0.25, 0.3) is 10.9 Å². The maximum Gasteiger partial charge on any atom is 0.223 e. The summed E-state index contributed by atoms with van der Waals surface area (Å²) in [7, 11) is 1.64. The van der Waals surface area contributed by atoms with Gasteiger partial charge in [-0.3, -0.25) is 9.59 Å². The number of aryl methyl sites for hydroxylation is 1. The Morgan fingerprint density at radius 1 is 1.30 bits per heavy atom. The SMILES string of the molecule is COc1ccc2[nH]c(CCNC(=O)CCn3ccc(=O)c(O)c3C)cc2c1. The molecule has 0 aliphatic heterocycles. The van der Waals surface area contributed by atoms with Gasteiger partial charge in [0, 0.05) is 54.8 Å². The third kappa shape index (κ3) is 4.31. The number of fused-ring (bicyclic) bond motifs is 1. The Kier molecular flexibility index (Phi) is 5.49. The van der Waals surface area contributed by atoms with Gasteiger partial charge in [-0.05, 0) is 31.2 Å². The molecule has 0 saturated heterocycles. The maximum absolute atomic E-state index is 12.0. The van der Waals surface area contributed by atoms with Crippen LogP contribution in [0.5, 0.6) is 11.5 Å². The van der Waals surface area contributed by atoms with Crippen LogP contribution < -0.4 is 15.5 Å². The molecule has 0 bridgehead atoms. The van der Waals surface area contributed by atoms with Gasteiger partial charge < -0.3 is 24.7 Å². The van der Waals surface area contributed by atoms with E-state index in [9.17, 15) is 14.7 Å². The topological polar surface area (TPSA) is 96.4 Å². The van der Waals surface area contributed by atoms with Crippen molar-refractivity contribution in [3.8, 4) is 11.5 Å². The van der Waals surface area contributed by atoms with Gasteiger partial charge in [-0.1, -0.05) is 0 Å². The minimum atomic E-state index is -0.413. The summed E-state index contributed by atoms with van der Waals surface area (Å²) < 4.78 is 6.92. The number of carbonyl (C=O) groups is 1. The van der Waals surface area contributed by atoms with Crippen LogP contribution in [0.4, 0.5) is 0 Å². The fourth-order valence-electron chi connectivity index (χ4n) is 2.98. The van der Waals surface area contributed by atoms with Crippen molar-refractivity contribution >= 4 is 16.8 Å². The third-order valence-electron chi connectivity index (χ3n) is 4.59. The summed E-state index contributed by atoms with van der Waals surface area (Å²) >= 11 is 0. The van der Waals surface area contributed by atoms with E-state index in [0.29, 0.717) is 25.2 Å².